The number of fused-ring (bicyclic) bond motifs is 3. The fourth-order valence-electron chi connectivity index (χ4n) is 5.08. The molecular weight excluding hydrogens is 474 g/mol. The van der Waals surface area contributed by atoms with Crippen molar-refractivity contribution in [2.24, 2.45) is 5.92 Å². The molecule has 0 unspecified atom stereocenters. The number of sulfone groups is 1. The molecule has 4 aromatic rings. The van der Waals surface area contributed by atoms with Gasteiger partial charge in [-0.3, -0.25) is 0 Å². The Labute approximate surface area is 212 Å². The Morgan fingerprint density at radius 2 is 1.97 bits per heavy atom. The van der Waals surface area contributed by atoms with E-state index in [1.54, 1.807) is 25.1 Å². The van der Waals surface area contributed by atoms with Crippen molar-refractivity contribution in [2.75, 3.05) is 38.6 Å². The number of aliphatic hydroxyl groups is 1. The molecule has 1 aliphatic heterocycles. The van der Waals surface area contributed by atoms with Crippen LogP contribution >= 0.6 is 0 Å². The van der Waals surface area contributed by atoms with Crippen LogP contribution in [0.2, 0.25) is 0 Å². The van der Waals surface area contributed by atoms with Crippen molar-refractivity contribution in [3.05, 3.63) is 54.2 Å². The van der Waals surface area contributed by atoms with Gasteiger partial charge in [-0.05, 0) is 85.8 Å². The number of benzene rings is 2. The number of likely N-dealkylation sites (tertiary alicyclic amines) is 1. The third kappa shape index (κ3) is 4.85. The molecule has 1 aliphatic rings. The van der Waals surface area contributed by atoms with Crippen molar-refractivity contribution >= 4 is 31.8 Å². The van der Waals surface area contributed by atoms with Crippen molar-refractivity contribution in [1.29, 1.82) is 0 Å². The number of nitrogens with one attached hydrogen (secondary N) is 1. The zero-order valence-electron chi connectivity index (χ0n) is 20.8. The highest BCUT2D eigenvalue weighted by Crippen LogP contribution is 2.39. The summed E-state index contributed by atoms with van der Waals surface area (Å²) in [6, 6.07) is 13.3. The number of nitrogens with zero attached hydrogens (tertiary/aromatic N) is 2. The fourth-order valence-corrected chi connectivity index (χ4v) is 6.00. The molecule has 7 nitrogen and oxygen atoms in total. The quantitative estimate of drug-likeness (QED) is 0.363. The summed E-state index contributed by atoms with van der Waals surface area (Å²) >= 11 is 0. The molecule has 2 aromatic carbocycles. The van der Waals surface area contributed by atoms with Gasteiger partial charge < -0.3 is 19.7 Å². The van der Waals surface area contributed by atoms with E-state index in [2.05, 4.69) is 20.9 Å². The Morgan fingerprint density at radius 3 is 2.72 bits per heavy atom. The third-order valence-corrected chi connectivity index (χ3v) is 8.92. The van der Waals surface area contributed by atoms with E-state index in [4.69, 9.17) is 4.74 Å². The van der Waals surface area contributed by atoms with Gasteiger partial charge in [0.25, 0.3) is 0 Å². The SMILES string of the molecule is CCS(=O)(=O)c1cccc(-c2ccc(OCC3CCN(CCO)CC3)c3[nH]c4ncc(C)cc4c23)c1. The van der Waals surface area contributed by atoms with Gasteiger partial charge in [-0.2, -0.15) is 0 Å². The molecule has 5 rings (SSSR count). The lowest BCUT2D eigenvalue weighted by Gasteiger charge is -2.31. The highest BCUT2D eigenvalue weighted by molar-refractivity contribution is 7.91. The number of piperidine rings is 1. The van der Waals surface area contributed by atoms with Crippen molar-refractivity contribution in [3.8, 4) is 16.9 Å². The highest BCUT2D eigenvalue weighted by Gasteiger charge is 2.21. The van der Waals surface area contributed by atoms with Crippen molar-refractivity contribution in [1.82, 2.24) is 14.9 Å². The number of hydrogen-bond donors (Lipinski definition) is 2. The Morgan fingerprint density at radius 1 is 1.17 bits per heavy atom. The Balaban J connectivity index is 1.53. The van der Waals surface area contributed by atoms with E-state index in [-0.39, 0.29) is 12.4 Å². The summed E-state index contributed by atoms with van der Waals surface area (Å²) in [4.78, 5) is 10.7. The second kappa shape index (κ2) is 10.2. The lowest BCUT2D eigenvalue weighted by atomic mass is 9.97. The van der Waals surface area contributed by atoms with Crippen LogP contribution in [0.25, 0.3) is 33.1 Å². The average molecular weight is 508 g/mol. The molecule has 0 bridgehead atoms. The first kappa shape index (κ1) is 24.7. The van der Waals surface area contributed by atoms with E-state index in [1.807, 2.05) is 31.3 Å². The Hall–Kier alpha value is -2.94. The number of aryl methyl sites for hydroxylation is 1. The van der Waals surface area contributed by atoms with E-state index in [9.17, 15) is 13.5 Å². The van der Waals surface area contributed by atoms with Crippen molar-refractivity contribution < 1.29 is 18.3 Å². The lowest BCUT2D eigenvalue weighted by Crippen LogP contribution is -2.37. The summed E-state index contributed by atoms with van der Waals surface area (Å²) in [5.41, 5.74) is 4.50. The number of aromatic nitrogens is 2. The van der Waals surface area contributed by atoms with Crippen LogP contribution < -0.4 is 4.74 Å². The van der Waals surface area contributed by atoms with Crippen molar-refractivity contribution in [2.45, 2.75) is 31.6 Å². The van der Waals surface area contributed by atoms with Gasteiger partial charge in [0, 0.05) is 23.5 Å². The maximum atomic E-state index is 12.5. The predicted molar refractivity (Wildman–Crippen MR) is 143 cm³/mol. The summed E-state index contributed by atoms with van der Waals surface area (Å²) in [5.74, 6) is 1.31. The first-order valence-electron chi connectivity index (χ1n) is 12.6. The molecule has 1 saturated heterocycles. The van der Waals surface area contributed by atoms with Gasteiger partial charge in [-0.1, -0.05) is 19.1 Å². The summed E-state index contributed by atoms with van der Waals surface area (Å²) in [6.45, 7) is 7.21. The van der Waals surface area contributed by atoms with Crippen LogP contribution in [0.5, 0.6) is 5.75 Å². The molecule has 2 N–H and O–H groups in total. The zero-order chi connectivity index (χ0) is 25.3. The van der Waals surface area contributed by atoms with Crippen LogP contribution in [0.1, 0.15) is 25.3 Å². The van der Waals surface area contributed by atoms with Crippen LogP contribution in [-0.4, -0.2) is 67.0 Å². The zero-order valence-corrected chi connectivity index (χ0v) is 21.6. The summed E-state index contributed by atoms with van der Waals surface area (Å²) in [5, 5.41) is 11.2. The average Bonchev–Trinajstić information content (AvgIpc) is 3.27. The number of ether oxygens (including phenoxy) is 1. The van der Waals surface area contributed by atoms with Gasteiger partial charge >= 0.3 is 0 Å². The maximum Gasteiger partial charge on any atom is 0.178 e. The highest BCUT2D eigenvalue weighted by atomic mass is 32.2. The minimum absolute atomic E-state index is 0.0633. The number of hydrogen-bond acceptors (Lipinski definition) is 6. The van der Waals surface area contributed by atoms with Gasteiger partial charge in [-0.25, -0.2) is 13.4 Å². The van der Waals surface area contributed by atoms with E-state index < -0.39 is 9.84 Å². The number of rotatable bonds is 8. The molecule has 0 spiro atoms. The number of β-amino-alcohol motifs (C(OH)–C–C–N with tert-alkyl or cyclic N) is 1. The molecule has 0 aliphatic carbocycles. The van der Waals surface area contributed by atoms with Gasteiger partial charge in [-0.15, -0.1) is 0 Å². The standard InChI is InChI=1S/C28H33N3O4S/c1-3-36(33,34)22-6-4-5-21(16-22)23-7-8-25(35-18-20-9-11-31(12-10-20)13-14-32)27-26(23)24-15-19(2)17-29-28(24)30-27/h4-8,15-17,20,32H,3,9-14,18H2,1-2H3,(H,29,30). The molecule has 1 fully saturated rings. The molecule has 8 heteroatoms. The van der Waals surface area contributed by atoms with Gasteiger partial charge in [0.15, 0.2) is 9.84 Å². The van der Waals surface area contributed by atoms with Crippen LogP contribution in [0, 0.1) is 12.8 Å². The van der Waals surface area contributed by atoms with E-state index in [0.717, 1.165) is 76.9 Å². The molecular formula is C28H33N3O4S. The van der Waals surface area contributed by atoms with Crippen LogP contribution in [0.4, 0.5) is 0 Å². The summed E-state index contributed by atoms with van der Waals surface area (Å²) in [7, 11) is -3.32. The number of H-pyrrole nitrogens is 1. The molecule has 36 heavy (non-hydrogen) atoms. The summed E-state index contributed by atoms with van der Waals surface area (Å²) < 4.78 is 31.5. The predicted octanol–water partition coefficient (Wildman–Crippen LogP) is 4.57. The Bertz CT molecular complexity index is 1490. The fraction of sp³-hybridized carbons (Fsp3) is 0.393. The Kier molecular flexibility index (Phi) is 7.01. The van der Waals surface area contributed by atoms with Crippen molar-refractivity contribution in [3.63, 3.8) is 0 Å². The van der Waals surface area contributed by atoms with Crippen LogP contribution in [0.15, 0.2) is 53.6 Å². The minimum Gasteiger partial charge on any atom is -0.491 e. The topological polar surface area (TPSA) is 95.5 Å². The molecule has 2 aromatic heterocycles. The maximum absolute atomic E-state index is 12.5. The van der Waals surface area contributed by atoms with Crippen LogP contribution in [-0.2, 0) is 9.84 Å². The smallest absolute Gasteiger partial charge is 0.178 e. The molecule has 0 saturated carbocycles. The van der Waals surface area contributed by atoms with E-state index >= 15 is 0 Å². The second-order valence-electron chi connectivity index (χ2n) is 9.65. The number of aromatic amines is 1. The first-order chi connectivity index (χ1) is 17.4. The number of aliphatic hydroxyl groups excluding tert-OH is 1. The van der Waals surface area contributed by atoms with Crippen LogP contribution in [0.3, 0.4) is 0 Å². The molecule has 0 amide bonds. The van der Waals surface area contributed by atoms with E-state index in [0.29, 0.717) is 17.4 Å². The molecule has 0 radical (unpaired) electrons. The number of pyridine rings is 1. The van der Waals surface area contributed by atoms with Gasteiger partial charge in [0.2, 0.25) is 0 Å². The normalized spacial score (nSPS) is 15.6. The summed E-state index contributed by atoms with van der Waals surface area (Å²) in [6.07, 6.45) is 3.94. The molecule has 190 valence electrons. The monoisotopic (exact) mass is 507 g/mol. The second-order valence-corrected chi connectivity index (χ2v) is 11.9. The lowest BCUT2D eigenvalue weighted by molar-refractivity contribution is 0.122. The largest absolute Gasteiger partial charge is 0.491 e. The molecule has 3 heterocycles. The minimum atomic E-state index is -3.32. The van der Waals surface area contributed by atoms with E-state index in [1.165, 1.54) is 0 Å². The first-order valence-corrected chi connectivity index (χ1v) is 14.2. The van der Waals surface area contributed by atoms with Gasteiger partial charge in [0.05, 0.1) is 29.4 Å². The molecule has 0 atom stereocenters. The third-order valence-electron chi connectivity index (χ3n) is 7.19. The van der Waals surface area contributed by atoms with Gasteiger partial charge in [0.1, 0.15) is 11.4 Å².